The number of ether oxygens (including phenoxy) is 1. The average molecular weight is 284 g/mol. The molecule has 1 heterocycles. The standard InChI is InChI=1S/C17H16O4/c18-11-4-3-9-8-10-2-1-6-16-13(9)14(11)21-15(16)12(19)5-7-17(10,16)20/h3-5,7,10,15,18,20H,1-2,6,8H2/t10-,15?,16?,17?/m1/s1. The summed E-state index contributed by atoms with van der Waals surface area (Å²) in [6.45, 7) is 0. The van der Waals surface area contributed by atoms with Gasteiger partial charge in [-0.3, -0.25) is 4.79 Å². The highest BCUT2D eigenvalue weighted by Gasteiger charge is 2.70. The van der Waals surface area contributed by atoms with Crippen molar-refractivity contribution in [2.24, 2.45) is 5.92 Å². The molecule has 1 aromatic carbocycles. The van der Waals surface area contributed by atoms with E-state index in [1.54, 1.807) is 12.1 Å². The van der Waals surface area contributed by atoms with Gasteiger partial charge in [0.05, 0.1) is 5.41 Å². The van der Waals surface area contributed by atoms with Crippen molar-refractivity contribution < 1.29 is 19.7 Å². The number of phenolic OH excluding ortho intramolecular Hbond substituents is 1. The van der Waals surface area contributed by atoms with E-state index in [4.69, 9.17) is 4.74 Å². The Morgan fingerprint density at radius 3 is 3.05 bits per heavy atom. The van der Waals surface area contributed by atoms with E-state index in [0.717, 1.165) is 36.8 Å². The molecule has 1 saturated carbocycles. The molecule has 0 saturated heterocycles. The molecule has 4 aliphatic rings. The number of carbonyl (C=O) groups excluding carboxylic acids is 1. The second-order valence-corrected chi connectivity index (χ2v) is 6.77. The molecule has 1 fully saturated rings. The van der Waals surface area contributed by atoms with Gasteiger partial charge >= 0.3 is 0 Å². The maximum atomic E-state index is 12.4. The quantitative estimate of drug-likeness (QED) is 0.759. The predicted molar refractivity (Wildman–Crippen MR) is 74.3 cm³/mol. The van der Waals surface area contributed by atoms with Crippen LogP contribution in [0.2, 0.25) is 0 Å². The van der Waals surface area contributed by atoms with Gasteiger partial charge in [0.1, 0.15) is 5.60 Å². The summed E-state index contributed by atoms with van der Waals surface area (Å²) in [5, 5.41) is 21.6. The number of aliphatic hydroxyl groups is 1. The molecule has 3 unspecified atom stereocenters. The molecule has 3 aliphatic carbocycles. The third-order valence-corrected chi connectivity index (χ3v) is 6.04. The molecular weight excluding hydrogens is 268 g/mol. The van der Waals surface area contributed by atoms with Crippen LogP contribution in [0.1, 0.15) is 30.4 Å². The third kappa shape index (κ3) is 1.06. The molecule has 1 aromatic rings. The van der Waals surface area contributed by atoms with Crippen molar-refractivity contribution in [1.82, 2.24) is 0 Å². The van der Waals surface area contributed by atoms with E-state index in [9.17, 15) is 15.0 Å². The lowest BCUT2D eigenvalue weighted by atomic mass is 9.47. The third-order valence-electron chi connectivity index (χ3n) is 6.04. The second-order valence-electron chi connectivity index (χ2n) is 6.77. The zero-order valence-corrected chi connectivity index (χ0v) is 11.5. The van der Waals surface area contributed by atoms with Gasteiger partial charge in [-0.2, -0.15) is 0 Å². The fourth-order valence-electron chi connectivity index (χ4n) is 5.22. The second kappa shape index (κ2) is 3.33. The molecule has 0 amide bonds. The Labute approximate surface area is 122 Å². The highest BCUT2D eigenvalue weighted by atomic mass is 16.5. The van der Waals surface area contributed by atoms with Crippen molar-refractivity contribution in [3.63, 3.8) is 0 Å². The van der Waals surface area contributed by atoms with E-state index in [1.165, 1.54) is 6.08 Å². The molecule has 4 nitrogen and oxygen atoms in total. The van der Waals surface area contributed by atoms with E-state index in [1.807, 2.05) is 6.07 Å². The molecule has 2 bridgehead atoms. The lowest BCUT2D eigenvalue weighted by Gasteiger charge is -2.57. The van der Waals surface area contributed by atoms with Crippen LogP contribution in [0, 0.1) is 5.92 Å². The monoisotopic (exact) mass is 284 g/mol. The first-order valence-corrected chi connectivity index (χ1v) is 7.55. The van der Waals surface area contributed by atoms with Crippen LogP contribution in [-0.4, -0.2) is 27.7 Å². The van der Waals surface area contributed by atoms with Crippen LogP contribution in [0.5, 0.6) is 11.5 Å². The number of benzene rings is 1. The maximum absolute atomic E-state index is 12.4. The summed E-state index contributed by atoms with van der Waals surface area (Å²) in [6, 6.07) is 3.56. The van der Waals surface area contributed by atoms with Crippen LogP contribution in [0.25, 0.3) is 0 Å². The minimum atomic E-state index is -1.03. The van der Waals surface area contributed by atoms with Crippen LogP contribution in [0.4, 0.5) is 0 Å². The van der Waals surface area contributed by atoms with Crippen LogP contribution in [0.15, 0.2) is 24.3 Å². The van der Waals surface area contributed by atoms with Gasteiger partial charge in [-0.05, 0) is 49.0 Å². The average Bonchev–Trinajstić information content (AvgIpc) is 2.80. The number of ketones is 1. The smallest absolute Gasteiger partial charge is 0.196 e. The normalized spacial score (nSPS) is 41.7. The molecular formula is C17H16O4. The molecule has 4 heteroatoms. The summed E-state index contributed by atoms with van der Waals surface area (Å²) in [5.74, 6) is 0.485. The topological polar surface area (TPSA) is 66.8 Å². The molecule has 21 heavy (non-hydrogen) atoms. The largest absolute Gasteiger partial charge is 0.504 e. The Kier molecular flexibility index (Phi) is 1.87. The van der Waals surface area contributed by atoms with Crippen molar-refractivity contribution in [2.75, 3.05) is 0 Å². The SMILES string of the molecule is O=C1C=CC2(O)[C@@H]3CCCC24c2c(ccc(O)c2OC14)C3. The Bertz CT molecular complexity index is 722. The van der Waals surface area contributed by atoms with Crippen molar-refractivity contribution >= 4 is 5.78 Å². The van der Waals surface area contributed by atoms with Crippen LogP contribution in [-0.2, 0) is 16.6 Å². The van der Waals surface area contributed by atoms with Gasteiger partial charge in [-0.1, -0.05) is 12.5 Å². The maximum Gasteiger partial charge on any atom is 0.196 e. The van der Waals surface area contributed by atoms with Gasteiger partial charge in [0.25, 0.3) is 0 Å². The fraction of sp³-hybridized carbons (Fsp3) is 0.471. The summed E-state index contributed by atoms with van der Waals surface area (Å²) in [7, 11) is 0. The summed E-state index contributed by atoms with van der Waals surface area (Å²) in [4.78, 5) is 12.4. The van der Waals surface area contributed by atoms with E-state index in [-0.39, 0.29) is 17.5 Å². The number of rotatable bonds is 0. The highest BCUT2D eigenvalue weighted by Crippen LogP contribution is 2.65. The van der Waals surface area contributed by atoms with E-state index in [0.29, 0.717) is 5.75 Å². The molecule has 108 valence electrons. The summed E-state index contributed by atoms with van der Waals surface area (Å²) < 4.78 is 5.88. The van der Waals surface area contributed by atoms with E-state index < -0.39 is 17.1 Å². The first kappa shape index (κ1) is 11.8. The van der Waals surface area contributed by atoms with Gasteiger partial charge in [0.2, 0.25) is 0 Å². The van der Waals surface area contributed by atoms with Crippen molar-refractivity contribution in [3.8, 4) is 11.5 Å². The lowest BCUT2D eigenvalue weighted by Crippen LogP contribution is -2.68. The summed E-state index contributed by atoms with van der Waals surface area (Å²) in [6.07, 6.45) is 5.90. The molecule has 5 rings (SSSR count). The van der Waals surface area contributed by atoms with Gasteiger partial charge in [0.15, 0.2) is 23.4 Å². The molecule has 0 radical (unpaired) electrons. The van der Waals surface area contributed by atoms with Crippen molar-refractivity contribution in [2.45, 2.75) is 42.8 Å². The van der Waals surface area contributed by atoms with Gasteiger partial charge < -0.3 is 14.9 Å². The Morgan fingerprint density at radius 2 is 2.19 bits per heavy atom. The predicted octanol–water partition coefficient (Wildman–Crippen LogP) is 1.62. The minimum absolute atomic E-state index is 0.0664. The molecule has 1 spiro atoms. The van der Waals surface area contributed by atoms with Gasteiger partial charge in [-0.25, -0.2) is 0 Å². The Balaban J connectivity index is 1.93. The first-order chi connectivity index (χ1) is 10.1. The van der Waals surface area contributed by atoms with Gasteiger partial charge in [-0.15, -0.1) is 0 Å². The Morgan fingerprint density at radius 1 is 1.33 bits per heavy atom. The number of phenols is 1. The summed E-state index contributed by atoms with van der Waals surface area (Å²) >= 11 is 0. The lowest BCUT2D eigenvalue weighted by molar-refractivity contribution is -0.144. The fourth-order valence-corrected chi connectivity index (χ4v) is 5.22. The number of aromatic hydroxyl groups is 1. The highest BCUT2D eigenvalue weighted by molar-refractivity contribution is 5.98. The Hall–Kier alpha value is -1.81. The van der Waals surface area contributed by atoms with Crippen molar-refractivity contribution in [3.05, 3.63) is 35.4 Å². The molecule has 4 atom stereocenters. The number of carbonyl (C=O) groups is 1. The summed E-state index contributed by atoms with van der Waals surface area (Å²) in [5.41, 5.74) is 0.255. The van der Waals surface area contributed by atoms with Gasteiger partial charge in [0, 0.05) is 5.56 Å². The molecule has 0 aromatic heterocycles. The van der Waals surface area contributed by atoms with E-state index >= 15 is 0 Å². The van der Waals surface area contributed by atoms with Crippen LogP contribution >= 0.6 is 0 Å². The number of hydrogen-bond acceptors (Lipinski definition) is 4. The number of hydrogen-bond donors (Lipinski definition) is 2. The molecule has 2 N–H and O–H groups in total. The molecule has 1 aliphatic heterocycles. The van der Waals surface area contributed by atoms with Crippen LogP contribution < -0.4 is 4.74 Å². The first-order valence-electron chi connectivity index (χ1n) is 7.55. The zero-order chi connectivity index (χ0) is 14.4. The van der Waals surface area contributed by atoms with Crippen molar-refractivity contribution in [1.29, 1.82) is 0 Å². The van der Waals surface area contributed by atoms with E-state index in [2.05, 4.69) is 0 Å². The van der Waals surface area contributed by atoms with Crippen LogP contribution in [0.3, 0.4) is 0 Å². The minimum Gasteiger partial charge on any atom is -0.504 e. The zero-order valence-electron chi connectivity index (χ0n) is 11.5.